The van der Waals surface area contributed by atoms with E-state index >= 15 is 0 Å². The zero-order valence-corrected chi connectivity index (χ0v) is 20.6. The van der Waals surface area contributed by atoms with Crippen LogP contribution in [0.3, 0.4) is 0 Å². The van der Waals surface area contributed by atoms with Gasteiger partial charge in [0.15, 0.2) is 5.82 Å². The molecule has 0 spiro atoms. The van der Waals surface area contributed by atoms with Crippen molar-refractivity contribution in [3.8, 4) is 0 Å². The predicted octanol–water partition coefficient (Wildman–Crippen LogP) is 2.50. The first-order valence-corrected chi connectivity index (χ1v) is 13.3. The molecule has 2 saturated heterocycles. The summed E-state index contributed by atoms with van der Waals surface area (Å²) < 4.78 is 2.06. The Hall–Kier alpha value is -2.62. The zero-order chi connectivity index (χ0) is 23.5. The Morgan fingerprint density at radius 2 is 1.74 bits per heavy atom. The van der Waals surface area contributed by atoms with Gasteiger partial charge < -0.3 is 0 Å². The van der Waals surface area contributed by atoms with Gasteiger partial charge in [0.1, 0.15) is 0 Å². The number of hydrogen-bond acceptors (Lipinski definition) is 7. The van der Waals surface area contributed by atoms with Gasteiger partial charge in [-0.1, -0.05) is 36.8 Å². The Kier molecular flexibility index (Phi) is 6.63. The van der Waals surface area contributed by atoms with E-state index in [0.717, 1.165) is 64.0 Å². The summed E-state index contributed by atoms with van der Waals surface area (Å²) in [5.41, 5.74) is 2.29. The second kappa shape index (κ2) is 10.2. The second-order valence-electron chi connectivity index (χ2n) is 10.5. The molecule has 0 bridgehead atoms. The van der Waals surface area contributed by atoms with E-state index in [1.807, 2.05) is 6.20 Å². The van der Waals surface area contributed by atoms with Crippen LogP contribution in [0.4, 0.5) is 0 Å². The number of tetrazole rings is 1. The molecule has 2 aliphatic heterocycles. The Bertz CT molecular complexity index is 1050. The standard InChI is InChI=1S/C26H37N9/c1-2-6-22(7-3-1)20-35-25(29-30-31-35)26(11-16-32(17-12-26)21-23-10-13-27-28-23)34-15-5-14-33(18-19-34)24-8-4-9-24/h1-3,6-7,10,13,24H,4-5,8-9,11-12,14-21H2,(H,27,28). The lowest BCUT2D eigenvalue weighted by Gasteiger charge is -2.47. The molecule has 1 N–H and O–H groups in total. The van der Waals surface area contributed by atoms with Crippen molar-refractivity contribution in [2.45, 2.75) is 63.2 Å². The second-order valence-corrected chi connectivity index (χ2v) is 10.5. The van der Waals surface area contributed by atoms with Crippen molar-refractivity contribution < 1.29 is 0 Å². The topological polar surface area (TPSA) is 82.0 Å². The minimum Gasteiger partial charge on any atom is -0.299 e. The maximum absolute atomic E-state index is 4.71. The molecule has 1 aliphatic carbocycles. The third-order valence-electron chi connectivity index (χ3n) is 8.49. The van der Waals surface area contributed by atoms with Crippen LogP contribution in [0.5, 0.6) is 0 Å². The van der Waals surface area contributed by atoms with Crippen molar-refractivity contribution in [1.29, 1.82) is 0 Å². The fourth-order valence-corrected chi connectivity index (χ4v) is 6.26. The van der Waals surface area contributed by atoms with Crippen LogP contribution in [-0.2, 0) is 18.6 Å². The molecule has 3 aliphatic rings. The Labute approximate surface area is 207 Å². The highest BCUT2D eigenvalue weighted by molar-refractivity contribution is 5.17. The number of nitrogens with one attached hydrogen (secondary N) is 1. The van der Waals surface area contributed by atoms with E-state index in [9.17, 15) is 0 Å². The van der Waals surface area contributed by atoms with E-state index in [0.29, 0.717) is 6.54 Å². The summed E-state index contributed by atoms with van der Waals surface area (Å²) in [6.45, 7) is 8.27. The van der Waals surface area contributed by atoms with Crippen molar-refractivity contribution in [2.24, 2.45) is 0 Å². The van der Waals surface area contributed by atoms with E-state index in [4.69, 9.17) is 5.10 Å². The quantitative estimate of drug-likeness (QED) is 0.562. The van der Waals surface area contributed by atoms with Gasteiger partial charge >= 0.3 is 0 Å². The molecule has 4 heterocycles. The molecule has 1 saturated carbocycles. The third-order valence-corrected chi connectivity index (χ3v) is 8.49. The first-order chi connectivity index (χ1) is 17.3. The lowest BCUT2D eigenvalue weighted by Crippen LogP contribution is -2.55. The number of nitrogens with zero attached hydrogens (tertiary/aromatic N) is 8. The Balaban J connectivity index is 1.25. The van der Waals surface area contributed by atoms with Gasteiger partial charge in [0.25, 0.3) is 0 Å². The van der Waals surface area contributed by atoms with Crippen LogP contribution in [0, 0.1) is 0 Å². The van der Waals surface area contributed by atoms with Crippen molar-refractivity contribution in [2.75, 3.05) is 39.3 Å². The van der Waals surface area contributed by atoms with Gasteiger partial charge in [-0.2, -0.15) is 5.10 Å². The molecule has 0 unspecified atom stereocenters. The molecule has 0 atom stereocenters. The lowest BCUT2D eigenvalue weighted by atomic mass is 9.84. The van der Waals surface area contributed by atoms with Gasteiger partial charge in [0, 0.05) is 57.2 Å². The average Bonchev–Trinajstić information content (AvgIpc) is 3.48. The smallest absolute Gasteiger partial charge is 0.172 e. The molecular formula is C26H37N9. The van der Waals surface area contributed by atoms with Crippen LogP contribution in [-0.4, -0.2) is 90.4 Å². The number of likely N-dealkylation sites (tertiary alicyclic amines) is 1. The monoisotopic (exact) mass is 475 g/mol. The van der Waals surface area contributed by atoms with E-state index in [1.165, 1.54) is 43.5 Å². The third kappa shape index (κ3) is 4.77. The maximum Gasteiger partial charge on any atom is 0.172 e. The molecule has 0 radical (unpaired) electrons. The number of piperidine rings is 1. The Morgan fingerprint density at radius 1 is 0.886 bits per heavy atom. The van der Waals surface area contributed by atoms with Gasteiger partial charge in [-0.25, -0.2) is 4.68 Å². The van der Waals surface area contributed by atoms with E-state index in [2.05, 4.69) is 76.4 Å². The van der Waals surface area contributed by atoms with Crippen LogP contribution in [0.25, 0.3) is 0 Å². The number of aromatic amines is 1. The molecular weight excluding hydrogens is 438 g/mol. The lowest BCUT2D eigenvalue weighted by molar-refractivity contribution is 0.00566. The van der Waals surface area contributed by atoms with E-state index in [1.54, 1.807) is 0 Å². The number of benzene rings is 1. The minimum absolute atomic E-state index is 0.127. The summed E-state index contributed by atoms with van der Waals surface area (Å²) in [5.74, 6) is 1.04. The van der Waals surface area contributed by atoms with E-state index < -0.39 is 0 Å². The molecule has 186 valence electrons. The fourth-order valence-electron chi connectivity index (χ4n) is 6.26. The number of H-pyrrole nitrogens is 1. The van der Waals surface area contributed by atoms with Gasteiger partial charge in [-0.05, 0) is 60.7 Å². The molecule has 35 heavy (non-hydrogen) atoms. The normalized spacial score (nSPS) is 22.6. The van der Waals surface area contributed by atoms with Crippen molar-refractivity contribution >= 4 is 0 Å². The largest absolute Gasteiger partial charge is 0.299 e. The van der Waals surface area contributed by atoms with Crippen LogP contribution < -0.4 is 0 Å². The number of aromatic nitrogens is 6. The minimum atomic E-state index is -0.127. The van der Waals surface area contributed by atoms with Crippen molar-refractivity contribution in [3.63, 3.8) is 0 Å². The highest BCUT2D eigenvalue weighted by Crippen LogP contribution is 2.39. The van der Waals surface area contributed by atoms with Gasteiger partial charge in [0.2, 0.25) is 0 Å². The first kappa shape index (κ1) is 22.8. The van der Waals surface area contributed by atoms with E-state index in [-0.39, 0.29) is 5.54 Å². The predicted molar refractivity (Wildman–Crippen MR) is 134 cm³/mol. The maximum atomic E-state index is 4.71. The van der Waals surface area contributed by atoms with Crippen LogP contribution in [0.15, 0.2) is 42.6 Å². The van der Waals surface area contributed by atoms with Gasteiger partial charge in [-0.15, -0.1) is 5.10 Å². The first-order valence-electron chi connectivity index (χ1n) is 13.3. The Morgan fingerprint density at radius 3 is 2.49 bits per heavy atom. The van der Waals surface area contributed by atoms with Crippen molar-refractivity contribution in [3.05, 3.63) is 59.7 Å². The molecule has 1 aromatic carbocycles. The molecule has 3 fully saturated rings. The van der Waals surface area contributed by atoms with Crippen LogP contribution >= 0.6 is 0 Å². The highest BCUT2D eigenvalue weighted by Gasteiger charge is 2.46. The number of hydrogen-bond donors (Lipinski definition) is 1. The molecule has 0 amide bonds. The van der Waals surface area contributed by atoms with Crippen molar-refractivity contribution in [1.82, 2.24) is 45.1 Å². The average molecular weight is 476 g/mol. The molecule has 9 nitrogen and oxygen atoms in total. The zero-order valence-electron chi connectivity index (χ0n) is 20.6. The molecule has 3 aromatic rings. The fraction of sp³-hybridized carbons (Fsp3) is 0.615. The summed E-state index contributed by atoms with van der Waals surface area (Å²) in [6, 6.07) is 13.4. The summed E-state index contributed by atoms with van der Waals surface area (Å²) in [7, 11) is 0. The SMILES string of the molecule is c1ccc(Cn2nnnc2C2(N3CCCN(C4CCC4)CC3)CCN(Cc3ccn[nH]3)CC2)cc1. The highest BCUT2D eigenvalue weighted by atomic mass is 15.6. The summed E-state index contributed by atoms with van der Waals surface area (Å²) in [5, 5.41) is 20.7. The van der Waals surface area contributed by atoms with Gasteiger partial charge in [0.05, 0.1) is 12.1 Å². The molecule has 9 heteroatoms. The summed E-state index contributed by atoms with van der Waals surface area (Å²) in [6.07, 6.45) is 9.30. The van der Waals surface area contributed by atoms with Gasteiger partial charge in [-0.3, -0.25) is 19.8 Å². The van der Waals surface area contributed by atoms with Crippen LogP contribution in [0.1, 0.15) is 55.6 Å². The molecule has 2 aromatic heterocycles. The summed E-state index contributed by atoms with van der Waals surface area (Å²) in [4.78, 5) is 8.03. The summed E-state index contributed by atoms with van der Waals surface area (Å²) >= 11 is 0. The van der Waals surface area contributed by atoms with Crippen LogP contribution in [0.2, 0.25) is 0 Å². The molecule has 6 rings (SSSR count). The number of rotatable bonds is 7.